The fourth-order valence-electron chi connectivity index (χ4n) is 6.33. The second-order valence-electron chi connectivity index (χ2n) is 10.5. The number of carbonyl (C=O) groups is 1. The first kappa shape index (κ1) is 23.0. The molecule has 1 aliphatic heterocycles. The van der Waals surface area contributed by atoms with E-state index in [0.717, 1.165) is 58.9 Å². The van der Waals surface area contributed by atoms with Gasteiger partial charge in [-0.1, -0.05) is 43.2 Å². The molecule has 6 nitrogen and oxygen atoms in total. The lowest BCUT2D eigenvalue weighted by Gasteiger charge is -2.47. The van der Waals surface area contributed by atoms with Gasteiger partial charge in [0.1, 0.15) is 16.9 Å². The third-order valence-corrected chi connectivity index (χ3v) is 8.44. The minimum atomic E-state index is -0.641. The normalized spacial score (nSPS) is 22.2. The Balaban J connectivity index is 1.36. The lowest BCUT2D eigenvalue weighted by molar-refractivity contribution is -0.142. The van der Waals surface area contributed by atoms with Gasteiger partial charge in [-0.25, -0.2) is 4.79 Å². The van der Waals surface area contributed by atoms with Crippen LogP contribution in [0.3, 0.4) is 0 Å². The predicted octanol–water partition coefficient (Wildman–Crippen LogP) is 5.52. The number of hydrogen-bond donors (Lipinski definition) is 1. The van der Waals surface area contributed by atoms with Gasteiger partial charge >= 0.3 is 5.63 Å². The van der Waals surface area contributed by atoms with E-state index in [9.17, 15) is 14.7 Å². The number of likely N-dealkylation sites (tertiary alicyclic amines) is 1. The summed E-state index contributed by atoms with van der Waals surface area (Å²) in [6.45, 7) is 4.91. The van der Waals surface area contributed by atoms with Crippen molar-refractivity contribution in [2.24, 2.45) is 5.92 Å². The summed E-state index contributed by atoms with van der Waals surface area (Å²) >= 11 is 0. The van der Waals surface area contributed by atoms with Crippen molar-refractivity contribution in [3.63, 3.8) is 0 Å². The molecule has 3 heterocycles. The highest BCUT2D eigenvalue weighted by Gasteiger charge is 2.43. The van der Waals surface area contributed by atoms with Crippen LogP contribution in [0.5, 0.6) is 0 Å². The second kappa shape index (κ2) is 8.63. The standard InChI is InChI=1S/C30H31NO5/c1-18-22-14-24-26(35-19(2)28(24)20-8-4-3-5-9-20)16-25(22)36-29(33)23(18)15-27(32)31-13-12-30(34)11-7-6-10-21(30)17-31/h3-5,8-9,14,16,21,34H,6-7,10-13,15,17H2,1-2H3/t21-,30-/m1/s1. The molecule has 0 radical (unpaired) electrons. The van der Waals surface area contributed by atoms with Crippen LogP contribution in [-0.4, -0.2) is 34.6 Å². The van der Waals surface area contributed by atoms with E-state index in [1.54, 1.807) is 6.07 Å². The number of piperidine rings is 1. The van der Waals surface area contributed by atoms with Gasteiger partial charge in [0.2, 0.25) is 5.91 Å². The van der Waals surface area contributed by atoms with Gasteiger partial charge in [0.25, 0.3) is 0 Å². The van der Waals surface area contributed by atoms with E-state index in [1.807, 2.05) is 43.0 Å². The average molecular weight is 486 g/mol. The highest BCUT2D eigenvalue weighted by atomic mass is 16.4. The molecule has 0 spiro atoms. The topological polar surface area (TPSA) is 83.9 Å². The van der Waals surface area contributed by atoms with E-state index >= 15 is 0 Å². The minimum absolute atomic E-state index is 0.00322. The third-order valence-electron chi connectivity index (χ3n) is 8.44. The molecule has 1 aliphatic carbocycles. The molecule has 1 N–H and O–H groups in total. The smallest absolute Gasteiger partial charge is 0.340 e. The quantitative estimate of drug-likeness (QED) is 0.386. The summed E-state index contributed by atoms with van der Waals surface area (Å²) in [5.41, 5.74) is 3.25. The maximum Gasteiger partial charge on any atom is 0.340 e. The van der Waals surface area contributed by atoms with E-state index in [4.69, 9.17) is 8.83 Å². The Labute approximate surface area is 209 Å². The first-order valence-corrected chi connectivity index (χ1v) is 12.9. The molecule has 6 rings (SSSR count). The Morgan fingerprint density at radius 3 is 2.64 bits per heavy atom. The molecule has 1 amide bonds. The molecule has 186 valence electrons. The first-order chi connectivity index (χ1) is 17.3. The summed E-state index contributed by atoms with van der Waals surface area (Å²) in [6, 6.07) is 13.9. The second-order valence-corrected chi connectivity index (χ2v) is 10.5. The van der Waals surface area contributed by atoms with Gasteiger partial charge < -0.3 is 18.8 Å². The number of furan rings is 1. The van der Waals surface area contributed by atoms with Crippen molar-refractivity contribution >= 4 is 27.8 Å². The van der Waals surface area contributed by atoms with Crippen LogP contribution in [0.1, 0.15) is 49.0 Å². The summed E-state index contributed by atoms with van der Waals surface area (Å²) in [4.78, 5) is 28.1. The lowest BCUT2D eigenvalue weighted by Crippen LogP contribution is -2.55. The van der Waals surface area contributed by atoms with Crippen molar-refractivity contribution in [1.82, 2.24) is 4.90 Å². The van der Waals surface area contributed by atoms with E-state index in [0.29, 0.717) is 36.2 Å². The molecule has 0 bridgehead atoms. The van der Waals surface area contributed by atoms with Gasteiger partial charge in [-0.05, 0) is 50.3 Å². The van der Waals surface area contributed by atoms with E-state index in [-0.39, 0.29) is 18.2 Å². The van der Waals surface area contributed by atoms with Gasteiger partial charge in [-0.3, -0.25) is 4.79 Å². The fourth-order valence-corrected chi connectivity index (χ4v) is 6.33. The van der Waals surface area contributed by atoms with E-state index in [2.05, 4.69) is 12.1 Å². The Kier molecular flexibility index (Phi) is 5.52. The number of amides is 1. The monoisotopic (exact) mass is 485 g/mol. The Morgan fingerprint density at radius 2 is 1.83 bits per heavy atom. The number of benzene rings is 2. The van der Waals surface area contributed by atoms with Crippen molar-refractivity contribution in [2.75, 3.05) is 13.1 Å². The van der Waals surface area contributed by atoms with Gasteiger partial charge in [-0.2, -0.15) is 0 Å². The van der Waals surface area contributed by atoms with Crippen LogP contribution < -0.4 is 5.63 Å². The maximum absolute atomic E-state index is 13.3. The molecular weight excluding hydrogens is 454 g/mol. The Morgan fingerprint density at radius 1 is 1.06 bits per heavy atom. The van der Waals surface area contributed by atoms with Crippen LogP contribution >= 0.6 is 0 Å². The summed E-state index contributed by atoms with van der Waals surface area (Å²) in [5, 5.41) is 12.7. The number of carbonyl (C=O) groups excluding carboxylic acids is 1. The zero-order valence-electron chi connectivity index (χ0n) is 20.8. The zero-order chi connectivity index (χ0) is 25.0. The number of rotatable bonds is 3. The number of nitrogens with zero attached hydrogens (tertiary/aromatic N) is 1. The molecule has 2 aliphatic rings. The van der Waals surface area contributed by atoms with Gasteiger partial charge in [0, 0.05) is 41.4 Å². The van der Waals surface area contributed by atoms with Gasteiger partial charge in [0.15, 0.2) is 0 Å². The van der Waals surface area contributed by atoms with Crippen molar-refractivity contribution in [2.45, 2.75) is 58.0 Å². The van der Waals surface area contributed by atoms with Crippen LogP contribution in [0.2, 0.25) is 0 Å². The highest BCUT2D eigenvalue weighted by Crippen LogP contribution is 2.40. The molecule has 1 saturated heterocycles. The lowest BCUT2D eigenvalue weighted by atomic mass is 9.71. The molecule has 6 heteroatoms. The largest absolute Gasteiger partial charge is 0.461 e. The molecule has 2 atom stereocenters. The number of aryl methyl sites for hydroxylation is 2. The van der Waals surface area contributed by atoms with Crippen LogP contribution in [0.25, 0.3) is 33.1 Å². The molecule has 36 heavy (non-hydrogen) atoms. The Bertz CT molecular complexity index is 1530. The van der Waals surface area contributed by atoms with Crippen molar-refractivity contribution in [3.8, 4) is 11.1 Å². The van der Waals surface area contributed by atoms with Crippen molar-refractivity contribution < 1.29 is 18.7 Å². The van der Waals surface area contributed by atoms with Crippen LogP contribution in [0, 0.1) is 19.8 Å². The summed E-state index contributed by atoms with van der Waals surface area (Å²) < 4.78 is 11.7. The number of hydrogen-bond acceptors (Lipinski definition) is 5. The molecule has 4 aromatic rings. The maximum atomic E-state index is 13.3. The molecule has 0 unspecified atom stereocenters. The SMILES string of the molecule is Cc1oc2cc3oc(=O)c(CC(=O)N4CC[C@]5(O)CCCC[C@@H]5C4)c(C)c3cc2c1-c1ccccc1. The fraction of sp³-hybridized carbons (Fsp3) is 0.400. The molecule has 2 aromatic carbocycles. The summed E-state index contributed by atoms with van der Waals surface area (Å²) in [5.74, 6) is 0.837. The summed E-state index contributed by atoms with van der Waals surface area (Å²) in [6.07, 6.45) is 4.52. The Hall–Kier alpha value is -3.38. The van der Waals surface area contributed by atoms with Crippen LogP contribution in [-0.2, 0) is 11.2 Å². The highest BCUT2D eigenvalue weighted by molar-refractivity contribution is 6.03. The number of fused-ring (bicyclic) bond motifs is 3. The molecule has 1 saturated carbocycles. The van der Waals surface area contributed by atoms with E-state index < -0.39 is 11.2 Å². The van der Waals surface area contributed by atoms with Gasteiger partial charge in [-0.15, -0.1) is 0 Å². The predicted molar refractivity (Wildman–Crippen MR) is 139 cm³/mol. The first-order valence-electron chi connectivity index (χ1n) is 12.9. The average Bonchev–Trinajstić information content (AvgIpc) is 3.19. The third kappa shape index (κ3) is 3.75. The van der Waals surface area contributed by atoms with Crippen molar-refractivity contribution in [3.05, 3.63) is 69.8 Å². The minimum Gasteiger partial charge on any atom is -0.461 e. The molecule has 2 aromatic heterocycles. The van der Waals surface area contributed by atoms with Crippen LogP contribution in [0.15, 0.2) is 56.1 Å². The van der Waals surface area contributed by atoms with E-state index in [1.165, 1.54) is 0 Å². The number of aliphatic hydroxyl groups is 1. The zero-order valence-corrected chi connectivity index (χ0v) is 20.8. The van der Waals surface area contributed by atoms with Crippen molar-refractivity contribution in [1.29, 1.82) is 0 Å². The molecule has 2 fully saturated rings. The molecular formula is C30H31NO5. The van der Waals surface area contributed by atoms with Crippen LogP contribution in [0.4, 0.5) is 0 Å². The summed E-state index contributed by atoms with van der Waals surface area (Å²) in [7, 11) is 0. The van der Waals surface area contributed by atoms with Gasteiger partial charge in [0.05, 0.1) is 17.6 Å².